The quantitative estimate of drug-likeness (QED) is 0.746. The Kier molecular flexibility index (Phi) is 6.97. The Morgan fingerprint density at radius 1 is 1.08 bits per heavy atom. The van der Waals surface area contributed by atoms with E-state index < -0.39 is 0 Å². The molecule has 0 radical (unpaired) electrons. The zero-order valence-corrected chi connectivity index (χ0v) is 15.3. The van der Waals surface area contributed by atoms with E-state index in [4.69, 9.17) is 4.74 Å². The number of nitrogens with one attached hydrogen (secondary N) is 2. The average Bonchev–Trinajstić information content (AvgIpc) is 2.65. The summed E-state index contributed by atoms with van der Waals surface area (Å²) in [7, 11) is 1.58. The highest BCUT2D eigenvalue weighted by Gasteiger charge is 2.12. The SMILES string of the molecule is COc1ccccc1/C=C/C(=O)Nc1ccccc1C(=O)NCC(C)C. The molecule has 0 aliphatic rings. The third-order valence-electron chi connectivity index (χ3n) is 3.65. The van der Waals surface area contributed by atoms with Gasteiger partial charge in [0.25, 0.3) is 5.91 Å². The van der Waals surface area contributed by atoms with Gasteiger partial charge < -0.3 is 15.4 Å². The highest BCUT2D eigenvalue weighted by Crippen LogP contribution is 2.19. The maximum atomic E-state index is 12.3. The van der Waals surface area contributed by atoms with Crippen LogP contribution < -0.4 is 15.4 Å². The average molecular weight is 352 g/mol. The molecule has 5 nitrogen and oxygen atoms in total. The van der Waals surface area contributed by atoms with Crippen LogP contribution in [0.15, 0.2) is 54.6 Å². The van der Waals surface area contributed by atoms with E-state index in [0.717, 1.165) is 5.56 Å². The standard InChI is InChI=1S/C21H24N2O3/c1-15(2)14-22-21(25)17-9-5-6-10-18(17)23-20(24)13-12-16-8-4-7-11-19(16)26-3/h4-13,15H,14H2,1-3H3,(H,22,25)(H,23,24)/b13-12+. The lowest BCUT2D eigenvalue weighted by atomic mass is 10.1. The molecule has 0 aliphatic heterocycles. The van der Waals surface area contributed by atoms with Gasteiger partial charge in [-0.3, -0.25) is 9.59 Å². The summed E-state index contributed by atoms with van der Waals surface area (Å²) in [5.74, 6) is 0.512. The first kappa shape index (κ1) is 19.2. The maximum absolute atomic E-state index is 12.3. The molecule has 0 spiro atoms. The number of para-hydroxylation sites is 2. The molecule has 0 unspecified atom stereocenters. The van der Waals surface area contributed by atoms with E-state index in [9.17, 15) is 9.59 Å². The fourth-order valence-corrected chi connectivity index (χ4v) is 2.33. The Morgan fingerprint density at radius 3 is 2.50 bits per heavy atom. The lowest BCUT2D eigenvalue weighted by Gasteiger charge is -2.11. The number of carbonyl (C=O) groups excluding carboxylic acids is 2. The number of ether oxygens (including phenoxy) is 1. The van der Waals surface area contributed by atoms with Crippen LogP contribution in [0.25, 0.3) is 6.08 Å². The molecule has 2 amide bonds. The van der Waals surface area contributed by atoms with Crippen LogP contribution in [0.3, 0.4) is 0 Å². The molecule has 0 atom stereocenters. The summed E-state index contributed by atoms with van der Waals surface area (Å²) < 4.78 is 5.26. The molecule has 0 saturated heterocycles. The molecule has 26 heavy (non-hydrogen) atoms. The molecule has 2 aromatic carbocycles. The Hall–Kier alpha value is -3.08. The van der Waals surface area contributed by atoms with Gasteiger partial charge >= 0.3 is 0 Å². The Bertz CT molecular complexity index is 797. The molecule has 0 heterocycles. The Labute approximate surface area is 154 Å². The summed E-state index contributed by atoms with van der Waals surface area (Å²) in [4.78, 5) is 24.6. The summed E-state index contributed by atoms with van der Waals surface area (Å²) in [6.07, 6.45) is 3.09. The number of hydrogen-bond acceptors (Lipinski definition) is 3. The van der Waals surface area contributed by atoms with Crippen LogP contribution in [0.4, 0.5) is 5.69 Å². The molecule has 5 heteroatoms. The fourth-order valence-electron chi connectivity index (χ4n) is 2.33. The van der Waals surface area contributed by atoms with Crippen molar-refractivity contribution in [2.75, 3.05) is 19.0 Å². The molecule has 136 valence electrons. The zero-order chi connectivity index (χ0) is 18.9. The number of hydrogen-bond donors (Lipinski definition) is 2. The smallest absolute Gasteiger partial charge is 0.253 e. The van der Waals surface area contributed by atoms with Gasteiger partial charge in [0.15, 0.2) is 0 Å². The first-order valence-electron chi connectivity index (χ1n) is 8.50. The number of rotatable bonds is 7. The lowest BCUT2D eigenvalue weighted by Crippen LogP contribution is -2.28. The van der Waals surface area contributed by atoms with Gasteiger partial charge in [-0.2, -0.15) is 0 Å². The van der Waals surface area contributed by atoms with E-state index in [1.807, 2.05) is 38.1 Å². The highest BCUT2D eigenvalue weighted by atomic mass is 16.5. The summed E-state index contributed by atoms with van der Waals surface area (Å²) >= 11 is 0. The van der Waals surface area contributed by atoms with Crippen molar-refractivity contribution >= 4 is 23.6 Å². The number of benzene rings is 2. The summed E-state index contributed by atoms with van der Waals surface area (Å²) in [5.41, 5.74) is 1.71. The second-order valence-electron chi connectivity index (χ2n) is 6.21. The van der Waals surface area contributed by atoms with E-state index >= 15 is 0 Å². The van der Waals surface area contributed by atoms with E-state index in [1.165, 1.54) is 6.08 Å². The minimum Gasteiger partial charge on any atom is -0.496 e. The number of carbonyl (C=O) groups is 2. The molecular formula is C21H24N2O3. The summed E-state index contributed by atoms with van der Waals surface area (Å²) in [6.45, 7) is 4.63. The van der Waals surface area contributed by atoms with E-state index in [0.29, 0.717) is 29.5 Å². The summed E-state index contributed by atoms with van der Waals surface area (Å²) in [6, 6.07) is 14.4. The van der Waals surface area contributed by atoms with Crippen LogP contribution in [0.2, 0.25) is 0 Å². The normalized spacial score (nSPS) is 10.8. The van der Waals surface area contributed by atoms with E-state index in [1.54, 1.807) is 37.5 Å². The number of amides is 2. The van der Waals surface area contributed by atoms with Crippen LogP contribution in [-0.4, -0.2) is 25.5 Å². The maximum Gasteiger partial charge on any atom is 0.253 e. The van der Waals surface area contributed by atoms with Crippen molar-refractivity contribution in [3.05, 3.63) is 65.7 Å². The second kappa shape index (κ2) is 9.42. The van der Waals surface area contributed by atoms with Crippen molar-refractivity contribution in [1.82, 2.24) is 5.32 Å². The highest BCUT2D eigenvalue weighted by molar-refractivity contribution is 6.07. The molecule has 0 aromatic heterocycles. The van der Waals surface area contributed by atoms with Crippen molar-refractivity contribution in [2.24, 2.45) is 5.92 Å². The van der Waals surface area contributed by atoms with Gasteiger partial charge in [0.05, 0.1) is 18.4 Å². The molecular weight excluding hydrogens is 328 g/mol. The third kappa shape index (κ3) is 5.48. The zero-order valence-electron chi connectivity index (χ0n) is 15.3. The minimum atomic E-state index is -0.319. The Balaban J connectivity index is 2.09. The Morgan fingerprint density at radius 2 is 1.77 bits per heavy atom. The monoisotopic (exact) mass is 352 g/mol. The minimum absolute atomic E-state index is 0.205. The van der Waals surface area contributed by atoms with Crippen molar-refractivity contribution in [2.45, 2.75) is 13.8 Å². The predicted molar refractivity (Wildman–Crippen MR) is 104 cm³/mol. The van der Waals surface area contributed by atoms with Crippen LogP contribution in [0.5, 0.6) is 5.75 Å². The first-order valence-corrected chi connectivity index (χ1v) is 8.50. The molecule has 2 rings (SSSR count). The van der Waals surface area contributed by atoms with Gasteiger partial charge in [0.2, 0.25) is 5.91 Å². The lowest BCUT2D eigenvalue weighted by molar-refractivity contribution is -0.111. The molecule has 0 bridgehead atoms. The predicted octanol–water partition coefficient (Wildman–Crippen LogP) is 3.73. The number of anilines is 1. The first-order chi connectivity index (χ1) is 12.5. The molecule has 0 aliphatic carbocycles. The molecule has 0 fully saturated rings. The van der Waals surface area contributed by atoms with Crippen molar-refractivity contribution in [1.29, 1.82) is 0 Å². The molecule has 0 saturated carbocycles. The largest absolute Gasteiger partial charge is 0.496 e. The van der Waals surface area contributed by atoms with Gasteiger partial charge in [-0.25, -0.2) is 0 Å². The van der Waals surface area contributed by atoms with Gasteiger partial charge in [0, 0.05) is 18.2 Å². The molecule has 2 N–H and O–H groups in total. The third-order valence-corrected chi connectivity index (χ3v) is 3.65. The van der Waals surface area contributed by atoms with Crippen LogP contribution in [-0.2, 0) is 4.79 Å². The van der Waals surface area contributed by atoms with Crippen molar-refractivity contribution < 1.29 is 14.3 Å². The van der Waals surface area contributed by atoms with Crippen molar-refractivity contribution in [3.63, 3.8) is 0 Å². The van der Waals surface area contributed by atoms with Gasteiger partial charge in [-0.15, -0.1) is 0 Å². The van der Waals surface area contributed by atoms with Gasteiger partial charge in [0.1, 0.15) is 5.75 Å². The van der Waals surface area contributed by atoms with Crippen molar-refractivity contribution in [3.8, 4) is 5.75 Å². The van der Waals surface area contributed by atoms with Crippen LogP contribution in [0, 0.1) is 5.92 Å². The van der Waals surface area contributed by atoms with Gasteiger partial charge in [-0.05, 0) is 30.2 Å². The molecule has 2 aromatic rings. The van der Waals surface area contributed by atoms with Gasteiger partial charge in [-0.1, -0.05) is 44.2 Å². The van der Waals surface area contributed by atoms with E-state index in [2.05, 4.69) is 10.6 Å². The second-order valence-corrected chi connectivity index (χ2v) is 6.21. The van der Waals surface area contributed by atoms with Crippen LogP contribution in [0.1, 0.15) is 29.8 Å². The van der Waals surface area contributed by atoms with E-state index in [-0.39, 0.29) is 11.8 Å². The number of methoxy groups -OCH3 is 1. The fraction of sp³-hybridized carbons (Fsp3) is 0.238. The van der Waals surface area contributed by atoms with Crippen LogP contribution >= 0.6 is 0 Å². The summed E-state index contributed by atoms with van der Waals surface area (Å²) in [5, 5.41) is 5.62. The topological polar surface area (TPSA) is 67.4 Å².